The van der Waals surface area contributed by atoms with Crippen LogP contribution in [-0.4, -0.2) is 30.1 Å². The molecule has 3 rings (SSSR count). The Labute approximate surface area is 179 Å². The van der Waals surface area contributed by atoms with E-state index < -0.39 is 8.07 Å². The average molecular weight is 423 g/mol. The summed E-state index contributed by atoms with van der Waals surface area (Å²) in [6.07, 6.45) is 8.30. The van der Waals surface area contributed by atoms with Crippen LogP contribution in [0.3, 0.4) is 0 Å². The van der Waals surface area contributed by atoms with Gasteiger partial charge >= 0.3 is 0 Å². The van der Waals surface area contributed by atoms with Crippen molar-refractivity contribution < 1.29 is 9.53 Å². The van der Waals surface area contributed by atoms with E-state index in [4.69, 9.17) is 4.74 Å². The van der Waals surface area contributed by atoms with Crippen LogP contribution >= 0.6 is 0 Å². The van der Waals surface area contributed by atoms with Crippen molar-refractivity contribution in [2.75, 3.05) is 11.9 Å². The topological polar surface area (TPSA) is 79.9 Å². The number of carbonyl (C=O) groups is 1. The number of allylic oxidation sites excluding steroid dienone is 2. The number of ether oxygens (including phenoxy) is 1. The van der Waals surface area contributed by atoms with E-state index in [1.54, 1.807) is 10.8 Å². The summed E-state index contributed by atoms with van der Waals surface area (Å²) in [4.78, 5) is 17.2. The Morgan fingerprint density at radius 2 is 2.10 bits per heavy atom. The molecule has 7 heteroatoms. The summed E-state index contributed by atoms with van der Waals surface area (Å²) < 4.78 is 7.38. The monoisotopic (exact) mass is 422 g/mol. The van der Waals surface area contributed by atoms with Gasteiger partial charge in [0.05, 0.1) is 0 Å². The molecule has 158 valence electrons. The standard InChI is InChI=1S/C23H30N4O2Si/c1-30(2,3)14-13-29-17-27-16-19(15-24)25-22(27)23(28)26-21-12-8-7-11-20(21)18-9-5-4-6-10-18/h7-9,11-12,16H,4-6,10,13-14,17H2,1-3H3,(H,26,28). The molecule has 0 atom stereocenters. The second kappa shape index (κ2) is 9.87. The minimum absolute atomic E-state index is 0.187. The van der Waals surface area contributed by atoms with Gasteiger partial charge in [0.15, 0.2) is 5.69 Å². The maximum atomic E-state index is 13.0. The molecule has 2 aromatic rings. The van der Waals surface area contributed by atoms with Gasteiger partial charge in [-0.25, -0.2) is 4.98 Å². The van der Waals surface area contributed by atoms with Crippen LogP contribution in [0, 0.1) is 11.3 Å². The third-order valence-corrected chi connectivity index (χ3v) is 6.84. The van der Waals surface area contributed by atoms with Gasteiger partial charge in [0.25, 0.3) is 5.91 Å². The molecule has 1 aliphatic carbocycles. The van der Waals surface area contributed by atoms with E-state index in [9.17, 15) is 10.1 Å². The highest BCUT2D eigenvalue weighted by atomic mass is 28.3. The molecule has 0 aliphatic heterocycles. The molecular weight excluding hydrogens is 392 g/mol. The van der Waals surface area contributed by atoms with Crippen molar-refractivity contribution in [2.24, 2.45) is 0 Å². The van der Waals surface area contributed by atoms with Crippen molar-refractivity contribution >= 4 is 25.2 Å². The van der Waals surface area contributed by atoms with E-state index >= 15 is 0 Å². The van der Waals surface area contributed by atoms with E-state index in [0.29, 0.717) is 6.61 Å². The molecule has 0 saturated carbocycles. The number of nitrogens with one attached hydrogen (secondary N) is 1. The molecule has 1 amide bonds. The number of benzene rings is 1. The number of hydrogen-bond donors (Lipinski definition) is 1. The Morgan fingerprint density at radius 1 is 1.30 bits per heavy atom. The normalized spacial score (nSPS) is 14.1. The summed E-state index contributed by atoms with van der Waals surface area (Å²) in [7, 11) is -1.19. The van der Waals surface area contributed by atoms with Gasteiger partial charge in [-0.2, -0.15) is 5.26 Å². The predicted octanol–water partition coefficient (Wildman–Crippen LogP) is 5.28. The van der Waals surface area contributed by atoms with Crippen molar-refractivity contribution in [3.05, 3.63) is 53.6 Å². The van der Waals surface area contributed by atoms with E-state index in [1.807, 2.05) is 30.3 Å². The van der Waals surface area contributed by atoms with Crippen molar-refractivity contribution in [1.82, 2.24) is 9.55 Å². The summed E-state index contributed by atoms with van der Waals surface area (Å²) in [6, 6.07) is 10.9. The first kappa shape index (κ1) is 22.0. The second-order valence-electron chi connectivity index (χ2n) is 8.85. The maximum Gasteiger partial charge on any atom is 0.291 e. The number of imidazole rings is 1. The number of anilines is 1. The average Bonchev–Trinajstić information content (AvgIpc) is 3.15. The minimum Gasteiger partial charge on any atom is -0.361 e. The molecule has 1 aromatic carbocycles. The lowest BCUT2D eigenvalue weighted by molar-refractivity contribution is 0.0808. The highest BCUT2D eigenvalue weighted by molar-refractivity contribution is 6.76. The van der Waals surface area contributed by atoms with Gasteiger partial charge in [-0.3, -0.25) is 4.79 Å². The SMILES string of the molecule is C[Si](C)(C)CCOCn1cc(C#N)nc1C(=O)Nc1ccccc1C1=CCCCC1. The first-order valence-electron chi connectivity index (χ1n) is 10.5. The number of nitriles is 1. The van der Waals surface area contributed by atoms with E-state index in [2.05, 4.69) is 36.0 Å². The van der Waals surface area contributed by atoms with E-state index in [1.165, 1.54) is 18.4 Å². The summed E-state index contributed by atoms with van der Waals surface area (Å²) in [5.41, 5.74) is 3.30. The maximum absolute atomic E-state index is 13.0. The lowest BCUT2D eigenvalue weighted by Gasteiger charge is -2.17. The Balaban J connectivity index is 1.75. The highest BCUT2D eigenvalue weighted by Crippen LogP contribution is 2.31. The molecule has 1 aliphatic rings. The number of aromatic nitrogens is 2. The van der Waals surface area contributed by atoms with Crippen LogP contribution in [0.5, 0.6) is 0 Å². The fourth-order valence-electron chi connectivity index (χ4n) is 3.42. The van der Waals surface area contributed by atoms with Crippen LogP contribution in [0.15, 0.2) is 36.5 Å². The minimum atomic E-state index is -1.19. The largest absolute Gasteiger partial charge is 0.361 e. The molecular formula is C23H30N4O2Si. The quantitative estimate of drug-likeness (QED) is 0.464. The van der Waals surface area contributed by atoms with Crippen LogP contribution in [0.25, 0.3) is 5.57 Å². The summed E-state index contributed by atoms with van der Waals surface area (Å²) in [6.45, 7) is 7.71. The lowest BCUT2D eigenvalue weighted by atomic mass is 9.92. The van der Waals surface area contributed by atoms with Crippen LogP contribution in [0.1, 0.15) is 47.6 Å². The zero-order valence-electron chi connectivity index (χ0n) is 18.1. The van der Waals surface area contributed by atoms with Crippen molar-refractivity contribution in [2.45, 2.75) is 58.1 Å². The molecule has 0 saturated heterocycles. The number of amides is 1. The Morgan fingerprint density at radius 3 is 2.80 bits per heavy atom. The number of rotatable bonds is 8. The van der Waals surface area contributed by atoms with Crippen LogP contribution in [0.4, 0.5) is 5.69 Å². The zero-order chi connectivity index (χ0) is 21.6. The molecule has 6 nitrogen and oxygen atoms in total. The molecule has 0 unspecified atom stereocenters. The fourth-order valence-corrected chi connectivity index (χ4v) is 4.18. The number of nitrogens with zero attached hydrogens (tertiary/aromatic N) is 3. The van der Waals surface area contributed by atoms with Crippen LogP contribution in [-0.2, 0) is 11.5 Å². The molecule has 0 fully saturated rings. The second-order valence-corrected chi connectivity index (χ2v) is 14.5. The summed E-state index contributed by atoms with van der Waals surface area (Å²) in [5.74, 6) is -0.152. The van der Waals surface area contributed by atoms with Gasteiger partial charge in [0, 0.05) is 32.1 Å². The van der Waals surface area contributed by atoms with E-state index in [0.717, 1.165) is 30.1 Å². The molecule has 1 aromatic heterocycles. The Hall–Kier alpha value is -2.69. The molecule has 1 N–H and O–H groups in total. The van der Waals surface area contributed by atoms with Crippen molar-refractivity contribution in [3.8, 4) is 6.07 Å². The van der Waals surface area contributed by atoms with Crippen LogP contribution < -0.4 is 5.32 Å². The third kappa shape index (κ3) is 5.91. The molecule has 30 heavy (non-hydrogen) atoms. The first-order valence-corrected chi connectivity index (χ1v) is 14.2. The number of carbonyl (C=O) groups excluding carboxylic acids is 1. The van der Waals surface area contributed by atoms with Crippen molar-refractivity contribution in [3.63, 3.8) is 0 Å². The summed E-state index contributed by atoms with van der Waals surface area (Å²) in [5, 5.41) is 12.2. The van der Waals surface area contributed by atoms with Crippen LogP contribution in [0.2, 0.25) is 25.7 Å². The van der Waals surface area contributed by atoms with Gasteiger partial charge in [-0.05, 0) is 43.4 Å². The van der Waals surface area contributed by atoms with Crippen molar-refractivity contribution in [1.29, 1.82) is 5.26 Å². The molecule has 0 bridgehead atoms. The first-order chi connectivity index (χ1) is 14.4. The molecule has 0 spiro atoms. The van der Waals surface area contributed by atoms with Gasteiger partial charge in [0.1, 0.15) is 12.8 Å². The third-order valence-electron chi connectivity index (χ3n) is 5.13. The predicted molar refractivity (Wildman–Crippen MR) is 122 cm³/mol. The molecule has 1 heterocycles. The Bertz CT molecular complexity index is 966. The van der Waals surface area contributed by atoms with Gasteiger partial charge in [0.2, 0.25) is 5.82 Å². The number of para-hydroxylation sites is 1. The zero-order valence-corrected chi connectivity index (χ0v) is 19.1. The lowest BCUT2D eigenvalue weighted by Crippen LogP contribution is -2.23. The fraction of sp³-hybridized carbons (Fsp3) is 0.435. The summed E-state index contributed by atoms with van der Waals surface area (Å²) >= 11 is 0. The van der Waals surface area contributed by atoms with Gasteiger partial charge in [-0.1, -0.05) is 43.9 Å². The molecule has 0 radical (unpaired) electrons. The highest BCUT2D eigenvalue weighted by Gasteiger charge is 2.19. The van der Waals surface area contributed by atoms with Gasteiger partial charge in [-0.15, -0.1) is 0 Å². The Kier molecular flexibility index (Phi) is 7.24. The van der Waals surface area contributed by atoms with E-state index in [-0.39, 0.29) is 24.2 Å². The smallest absolute Gasteiger partial charge is 0.291 e. The number of hydrogen-bond acceptors (Lipinski definition) is 4. The van der Waals surface area contributed by atoms with Gasteiger partial charge < -0.3 is 14.6 Å².